The van der Waals surface area contributed by atoms with Crippen molar-refractivity contribution in [3.63, 3.8) is 0 Å². The van der Waals surface area contributed by atoms with Gasteiger partial charge in [0.05, 0.1) is 18.2 Å². The Bertz CT molecular complexity index is 541. The minimum absolute atomic E-state index is 0.0210. The van der Waals surface area contributed by atoms with Gasteiger partial charge in [0, 0.05) is 18.3 Å². The summed E-state index contributed by atoms with van der Waals surface area (Å²) in [7, 11) is 0. The van der Waals surface area contributed by atoms with E-state index in [9.17, 15) is 4.79 Å². The summed E-state index contributed by atoms with van der Waals surface area (Å²) in [6, 6.07) is 9.75. The summed E-state index contributed by atoms with van der Waals surface area (Å²) in [5.41, 5.74) is 1.27. The molecule has 0 unspecified atom stereocenters. The molecule has 1 N–H and O–H groups in total. The Labute approximate surface area is 119 Å². The summed E-state index contributed by atoms with van der Waals surface area (Å²) in [6.07, 6.45) is 5.08. The summed E-state index contributed by atoms with van der Waals surface area (Å²) in [6.45, 7) is 1.54. The first-order chi connectivity index (χ1) is 9.74. The van der Waals surface area contributed by atoms with Gasteiger partial charge in [-0.2, -0.15) is 5.26 Å². The van der Waals surface area contributed by atoms with E-state index in [1.54, 1.807) is 18.2 Å². The zero-order valence-electron chi connectivity index (χ0n) is 11.5. The zero-order valence-corrected chi connectivity index (χ0v) is 11.5. The van der Waals surface area contributed by atoms with E-state index in [0.717, 1.165) is 12.5 Å². The summed E-state index contributed by atoms with van der Waals surface area (Å²) >= 11 is 0. The number of nitrogens with one attached hydrogen (secondary N) is 1. The standard InChI is InChI=1S/C16H19N3O/c17-9-13-2-1-3-14(8-13)18-16(20)11-19(15-6-7-15)10-12-4-5-12/h1-3,8,12,15H,4-7,10-11H2,(H,18,20). The van der Waals surface area contributed by atoms with Crippen LogP contribution in [0.1, 0.15) is 31.2 Å². The third-order valence-corrected chi connectivity index (χ3v) is 3.88. The van der Waals surface area contributed by atoms with Crippen molar-refractivity contribution in [1.82, 2.24) is 4.90 Å². The van der Waals surface area contributed by atoms with Gasteiger partial charge >= 0.3 is 0 Å². The molecule has 0 saturated heterocycles. The van der Waals surface area contributed by atoms with E-state index in [4.69, 9.17) is 5.26 Å². The van der Waals surface area contributed by atoms with Gasteiger partial charge in [-0.15, -0.1) is 0 Å². The average molecular weight is 269 g/mol. The predicted molar refractivity (Wildman–Crippen MR) is 77.1 cm³/mol. The van der Waals surface area contributed by atoms with Crippen LogP contribution >= 0.6 is 0 Å². The number of benzene rings is 1. The Balaban J connectivity index is 1.56. The molecule has 3 rings (SSSR count). The minimum Gasteiger partial charge on any atom is -0.325 e. The topological polar surface area (TPSA) is 56.1 Å². The Morgan fingerprint density at radius 1 is 1.35 bits per heavy atom. The summed E-state index contributed by atoms with van der Waals surface area (Å²) in [5, 5.41) is 11.7. The number of rotatable bonds is 6. The smallest absolute Gasteiger partial charge is 0.238 e. The third kappa shape index (κ3) is 3.58. The number of anilines is 1. The Kier molecular flexibility index (Phi) is 3.70. The van der Waals surface area contributed by atoms with E-state index in [-0.39, 0.29) is 5.91 Å². The molecule has 4 heteroatoms. The van der Waals surface area contributed by atoms with E-state index in [2.05, 4.69) is 16.3 Å². The van der Waals surface area contributed by atoms with Gasteiger partial charge in [-0.3, -0.25) is 9.69 Å². The van der Waals surface area contributed by atoms with Gasteiger partial charge in [-0.05, 0) is 49.8 Å². The van der Waals surface area contributed by atoms with Gasteiger partial charge in [-0.25, -0.2) is 0 Å². The lowest BCUT2D eigenvalue weighted by Gasteiger charge is -2.21. The molecule has 4 nitrogen and oxygen atoms in total. The lowest BCUT2D eigenvalue weighted by atomic mass is 10.2. The highest BCUT2D eigenvalue weighted by atomic mass is 16.2. The SMILES string of the molecule is N#Cc1cccc(NC(=O)CN(CC2CC2)C2CC2)c1. The van der Waals surface area contributed by atoms with Crippen molar-refractivity contribution in [1.29, 1.82) is 5.26 Å². The monoisotopic (exact) mass is 269 g/mol. The van der Waals surface area contributed by atoms with Crippen molar-refractivity contribution in [3.8, 4) is 6.07 Å². The van der Waals surface area contributed by atoms with Crippen molar-refractivity contribution in [2.24, 2.45) is 5.92 Å². The molecule has 2 fully saturated rings. The van der Waals surface area contributed by atoms with Crippen molar-refractivity contribution >= 4 is 11.6 Å². The van der Waals surface area contributed by atoms with Gasteiger partial charge in [0.2, 0.25) is 5.91 Å². The summed E-state index contributed by atoms with van der Waals surface area (Å²) < 4.78 is 0. The molecule has 1 amide bonds. The van der Waals surface area contributed by atoms with E-state index in [1.165, 1.54) is 25.7 Å². The molecule has 0 aliphatic heterocycles. The molecule has 0 atom stereocenters. The van der Waals surface area contributed by atoms with Crippen molar-refractivity contribution in [2.45, 2.75) is 31.7 Å². The number of nitrogens with zero attached hydrogens (tertiary/aromatic N) is 2. The highest BCUT2D eigenvalue weighted by Gasteiger charge is 2.34. The fourth-order valence-electron chi connectivity index (χ4n) is 2.47. The first kappa shape index (κ1) is 13.1. The van der Waals surface area contributed by atoms with Gasteiger partial charge in [0.25, 0.3) is 0 Å². The highest BCUT2D eigenvalue weighted by molar-refractivity contribution is 5.92. The van der Waals surface area contributed by atoms with Crippen LogP contribution in [0.25, 0.3) is 0 Å². The van der Waals surface area contributed by atoms with Crippen LogP contribution in [0.5, 0.6) is 0 Å². The number of amides is 1. The molecule has 0 aromatic heterocycles. The molecular weight excluding hydrogens is 250 g/mol. The minimum atomic E-state index is 0.0210. The van der Waals surface area contributed by atoms with Crippen molar-refractivity contribution < 1.29 is 4.79 Å². The second-order valence-electron chi connectivity index (χ2n) is 5.84. The molecule has 2 aliphatic rings. The second kappa shape index (κ2) is 5.64. The third-order valence-electron chi connectivity index (χ3n) is 3.88. The van der Waals surface area contributed by atoms with E-state index in [0.29, 0.717) is 23.8 Å². The number of carbonyl (C=O) groups is 1. The lowest BCUT2D eigenvalue weighted by molar-refractivity contribution is -0.117. The van der Waals surface area contributed by atoms with Crippen molar-refractivity contribution in [2.75, 3.05) is 18.4 Å². The summed E-state index contributed by atoms with van der Waals surface area (Å²) in [4.78, 5) is 14.4. The van der Waals surface area contributed by atoms with Gasteiger partial charge < -0.3 is 5.32 Å². The second-order valence-corrected chi connectivity index (χ2v) is 5.84. The molecule has 1 aromatic rings. The first-order valence-electron chi connectivity index (χ1n) is 7.28. The van der Waals surface area contributed by atoms with Crippen molar-refractivity contribution in [3.05, 3.63) is 29.8 Å². The Hall–Kier alpha value is -1.86. The van der Waals surface area contributed by atoms with Crippen LogP contribution in [-0.2, 0) is 4.79 Å². The number of carbonyl (C=O) groups excluding carboxylic acids is 1. The van der Waals surface area contributed by atoms with Crippen LogP contribution in [0.4, 0.5) is 5.69 Å². The maximum Gasteiger partial charge on any atom is 0.238 e. The number of hydrogen-bond donors (Lipinski definition) is 1. The van der Waals surface area contributed by atoms with Gasteiger partial charge in [-0.1, -0.05) is 6.07 Å². The van der Waals surface area contributed by atoms with Crippen LogP contribution in [0, 0.1) is 17.2 Å². The van der Waals surface area contributed by atoms with Gasteiger partial charge in [0.1, 0.15) is 0 Å². The molecule has 0 heterocycles. The normalized spacial score (nSPS) is 17.8. The lowest BCUT2D eigenvalue weighted by Crippen LogP contribution is -2.36. The predicted octanol–water partition coefficient (Wildman–Crippen LogP) is 2.37. The maximum absolute atomic E-state index is 12.1. The van der Waals surface area contributed by atoms with Gasteiger partial charge in [0.15, 0.2) is 0 Å². The van der Waals surface area contributed by atoms with E-state index in [1.807, 2.05) is 6.07 Å². The largest absolute Gasteiger partial charge is 0.325 e. The average Bonchev–Trinajstić information content (AvgIpc) is 3.30. The molecule has 2 saturated carbocycles. The number of nitriles is 1. The van der Waals surface area contributed by atoms with Crippen LogP contribution in [0.3, 0.4) is 0 Å². The highest BCUT2D eigenvalue weighted by Crippen LogP contribution is 2.34. The van der Waals surface area contributed by atoms with E-state index < -0.39 is 0 Å². The fourth-order valence-corrected chi connectivity index (χ4v) is 2.47. The fraction of sp³-hybridized carbons (Fsp3) is 0.500. The molecule has 2 aliphatic carbocycles. The quantitative estimate of drug-likeness (QED) is 0.862. The molecule has 0 bridgehead atoms. The maximum atomic E-state index is 12.1. The van der Waals surface area contributed by atoms with Crippen LogP contribution in [-0.4, -0.2) is 29.9 Å². The molecule has 1 aromatic carbocycles. The first-order valence-corrected chi connectivity index (χ1v) is 7.28. The van der Waals surface area contributed by atoms with E-state index >= 15 is 0 Å². The molecule has 104 valence electrons. The molecule has 0 spiro atoms. The Morgan fingerprint density at radius 3 is 2.80 bits per heavy atom. The van der Waals surface area contributed by atoms with Crippen LogP contribution < -0.4 is 5.32 Å². The Morgan fingerprint density at radius 2 is 2.15 bits per heavy atom. The zero-order chi connectivity index (χ0) is 13.9. The molecular formula is C16H19N3O. The van der Waals surface area contributed by atoms with Crippen LogP contribution in [0.2, 0.25) is 0 Å². The number of hydrogen-bond acceptors (Lipinski definition) is 3. The molecule has 20 heavy (non-hydrogen) atoms. The van der Waals surface area contributed by atoms with Crippen LogP contribution in [0.15, 0.2) is 24.3 Å². The summed E-state index contributed by atoms with van der Waals surface area (Å²) in [5.74, 6) is 0.831. The molecule has 0 radical (unpaired) electrons.